The molecule has 4 aromatic heterocycles. The second-order valence-corrected chi connectivity index (χ2v) is 30.3. The Kier molecular flexibility index (Phi) is 31.2. The van der Waals surface area contributed by atoms with Crippen molar-refractivity contribution in [1.82, 2.24) is 19.9 Å². The van der Waals surface area contributed by atoms with Gasteiger partial charge in [-0.25, -0.2) is 134 Å². The monoisotopic (exact) mass is 1600 g/mol. The van der Waals surface area contributed by atoms with Crippen molar-refractivity contribution < 1.29 is 188 Å². The van der Waals surface area contributed by atoms with Gasteiger partial charge in [0, 0.05) is 0 Å². The van der Waals surface area contributed by atoms with Gasteiger partial charge in [0.15, 0.2) is 0 Å². The molecule has 0 saturated carbocycles. The zero-order valence-corrected chi connectivity index (χ0v) is 63.2. The molecule has 0 amide bonds. The van der Waals surface area contributed by atoms with E-state index in [1.165, 1.54) is 0 Å². The summed E-state index contributed by atoms with van der Waals surface area (Å²) in [7, 11) is -19.8. The second kappa shape index (κ2) is 35.3. The molecule has 8 aliphatic rings. The first-order chi connectivity index (χ1) is 45.4. The molecule has 8 aliphatic heterocycles. The summed E-state index contributed by atoms with van der Waals surface area (Å²) in [5.74, 6) is 4.74. The minimum absolute atomic E-state index is 0. The fraction of sp³-hybridized carbons (Fsp3) is 0.533. The van der Waals surface area contributed by atoms with Crippen LogP contribution in [-0.4, -0.2) is 164 Å². The van der Waals surface area contributed by atoms with E-state index in [0.717, 1.165) is 45.6 Å². The predicted octanol–water partition coefficient (Wildman–Crippen LogP) is -10.3. The smallest absolute Gasteiger partial charge is 0.474 e. The van der Waals surface area contributed by atoms with Crippen LogP contribution in [0.5, 0.6) is 0 Å². The Labute approximate surface area is 617 Å². The van der Waals surface area contributed by atoms with Crippen molar-refractivity contribution in [3.05, 3.63) is 118 Å². The molecule has 12 rings (SSSR count). The molecule has 12 heterocycles. The molecular formula is C60H76Cl4Fe2N12O24. The zero-order valence-electron chi connectivity index (χ0n) is 58.0. The van der Waals surface area contributed by atoms with Gasteiger partial charge in [0.25, 0.3) is 0 Å². The van der Waals surface area contributed by atoms with Gasteiger partial charge in [-0.05, 0) is 159 Å². The van der Waals surface area contributed by atoms with Crippen molar-refractivity contribution >= 4 is 47.2 Å². The van der Waals surface area contributed by atoms with Crippen LogP contribution >= 0.6 is 0 Å². The third-order valence-corrected chi connectivity index (χ3v) is 12.5. The van der Waals surface area contributed by atoms with Crippen LogP contribution in [0.3, 0.4) is 0 Å². The maximum absolute atomic E-state index is 8.49. The molecule has 0 N–H and O–H groups in total. The van der Waals surface area contributed by atoms with Crippen LogP contribution in [-0.2, 0) is 72.0 Å². The van der Waals surface area contributed by atoms with E-state index >= 15 is 0 Å². The normalized spacial score (nSPS) is 20.2. The van der Waals surface area contributed by atoms with Crippen LogP contribution < -0.4 is 74.5 Å². The number of nitrogens with zero attached hydrogens (tertiary/aromatic N) is 12. The van der Waals surface area contributed by atoms with Crippen molar-refractivity contribution in [1.29, 1.82) is 0 Å². The van der Waals surface area contributed by atoms with E-state index < -0.39 is 41.0 Å². The molecule has 0 spiro atoms. The number of aliphatic imine (C=N–C) groups is 8. The van der Waals surface area contributed by atoms with Crippen molar-refractivity contribution in [2.24, 2.45) is 39.9 Å². The first-order valence-electron chi connectivity index (χ1n) is 29.6. The third kappa shape index (κ3) is 34.2. The summed E-state index contributed by atoms with van der Waals surface area (Å²) in [5.41, 5.74) is 4.33. The second-order valence-electron chi connectivity index (χ2n) is 27.3. The van der Waals surface area contributed by atoms with E-state index in [0.29, 0.717) is 100 Å². The zero-order chi connectivity index (χ0) is 75.5. The van der Waals surface area contributed by atoms with Crippen molar-refractivity contribution in [2.45, 2.75) is 155 Å². The number of halogens is 4. The fourth-order valence-electron chi connectivity index (χ4n) is 8.42. The summed E-state index contributed by atoms with van der Waals surface area (Å²) < 4.78 is 181. The number of hydrogen-bond acceptors (Lipinski definition) is 36. The van der Waals surface area contributed by atoms with Gasteiger partial charge in [0.05, 0.1) is 44.3 Å². The molecule has 0 unspecified atom stereocenters. The van der Waals surface area contributed by atoms with Crippen LogP contribution in [0, 0.1) is 41.0 Å². The van der Waals surface area contributed by atoms with Crippen molar-refractivity contribution in [2.75, 3.05) is 52.9 Å². The van der Waals surface area contributed by atoms with E-state index in [9.17, 15) is 0 Å². The average Bonchev–Trinajstić information content (AvgIpc) is 1.67. The van der Waals surface area contributed by atoms with Crippen LogP contribution in [0.25, 0.3) is 0 Å². The van der Waals surface area contributed by atoms with Crippen LogP contribution in [0.1, 0.15) is 156 Å². The molecule has 0 atom stereocenters. The number of ether oxygens (including phenoxy) is 8. The minimum Gasteiger partial charge on any atom is -0.474 e. The maximum Gasteiger partial charge on any atom is 2.00 e. The number of aromatic nitrogens is 4. The van der Waals surface area contributed by atoms with E-state index in [-0.39, 0.29) is 78.4 Å². The first kappa shape index (κ1) is 90.1. The summed E-state index contributed by atoms with van der Waals surface area (Å²) in [5, 5.41) is 0. The predicted molar refractivity (Wildman–Crippen MR) is 309 cm³/mol. The molecular weight excluding hydrogens is 1530 g/mol. The summed E-state index contributed by atoms with van der Waals surface area (Å²) in [6, 6.07) is 22.8. The van der Waals surface area contributed by atoms with Gasteiger partial charge >= 0.3 is 34.1 Å². The Bertz CT molecular complexity index is 3060. The summed E-state index contributed by atoms with van der Waals surface area (Å²) in [6.45, 7) is 37.3. The standard InChI is InChI=1S/4C15H19N3O2.4ClHO4.2Fe/c4*1-14(2)8-19-12(17-14)10-6-5-7-11(16-10)13-18-15(3,4)9-20-13;4*2-1(3,4)5;;/h4*5-7H,8-9H2,1-4H3;4*(H,2,3,4,5);;/q;;;;;;;;2*+2/p-4. The average molecular weight is 1600 g/mol. The molecule has 0 aromatic carbocycles. The summed E-state index contributed by atoms with van der Waals surface area (Å²) >= 11 is 0. The van der Waals surface area contributed by atoms with Gasteiger partial charge in [0.2, 0.25) is 47.2 Å². The number of pyridine rings is 4. The maximum atomic E-state index is 8.49. The molecule has 36 nitrogen and oxygen atoms in total. The Morgan fingerprint density at radius 2 is 0.304 bits per heavy atom. The number of hydrogen-bond donors (Lipinski definition) is 0. The molecule has 42 heteroatoms. The first-order valence-corrected chi connectivity index (χ1v) is 34.5. The minimum atomic E-state index is -4.94. The largest absolute Gasteiger partial charge is 2.00 e. The van der Waals surface area contributed by atoms with Crippen molar-refractivity contribution in [3.8, 4) is 0 Å². The third-order valence-electron chi connectivity index (χ3n) is 12.5. The van der Waals surface area contributed by atoms with Gasteiger partial charge in [-0.2, -0.15) is 0 Å². The summed E-state index contributed by atoms with van der Waals surface area (Å²) in [6.07, 6.45) is 0. The van der Waals surface area contributed by atoms with Gasteiger partial charge in [0.1, 0.15) is 98.4 Å². The fourth-order valence-corrected chi connectivity index (χ4v) is 8.42. The Hall–Kier alpha value is -6.08. The van der Waals surface area contributed by atoms with Crippen LogP contribution in [0.15, 0.2) is 113 Å². The van der Waals surface area contributed by atoms with Gasteiger partial charge in [-0.3, -0.25) is 0 Å². The van der Waals surface area contributed by atoms with E-state index in [2.05, 4.69) is 59.9 Å². The van der Waals surface area contributed by atoms with Gasteiger partial charge in [-0.15, -0.1) is 41.0 Å². The van der Waals surface area contributed by atoms with Crippen molar-refractivity contribution in [3.63, 3.8) is 0 Å². The van der Waals surface area contributed by atoms with Crippen LogP contribution in [0.2, 0.25) is 0 Å². The molecule has 0 bridgehead atoms. The Morgan fingerprint density at radius 1 is 0.216 bits per heavy atom. The summed E-state index contributed by atoms with van der Waals surface area (Å²) in [4.78, 5) is 54.5. The molecule has 102 heavy (non-hydrogen) atoms. The molecule has 0 fully saturated rings. The number of rotatable bonds is 8. The van der Waals surface area contributed by atoms with E-state index in [4.69, 9.17) is 112 Å². The Morgan fingerprint density at radius 3 is 0.373 bits per heavy atom. The van der Waals surface area contributed by atoms with Crippen LogP contribution in [0.4, 0.5) is 0 Å². The molecule has 564 valence electrons. The van der Waals surface area contributed by atoms with E-state index in [1.807, 2.05) is 184 Å². The molecule has 0 saturated heterocycles. The SMILES string of the molecule is CC1(C)COC(c2cccc(C3=NC(C)(C)CO3)n2)=N1.CC1(C)COC(c2cccc(C3=NC(C)(C)CO3)n2)=N1.CC1(C)COC(c2cccc(C3=NC(C)(C)CO3)n2)=N1.CC1(C)COC(c2cccc(C3=NC(C)(C)CO3)n2)=N1.[Fe+2].[Fe+2].[O-][Cl+3]([O-])([O-])[O-].[O-][Cl+3]([O-])([O-])[O-].[O-][Cl+3]([O-])([O-])[O-].[O-][Cl+3]([O-])([O-])[O-]. The molecule has 0 radical (unpaired) electrons. The Balaban J connectivity index is 0.000000322. The molecule has 0 aliphatic carbocycles. The quantitative estimate of drug-likeness (QED) is 0.148. The van der Waals surface area contributed by atoms with E-state index in [1.54, 1.807) is 0 Å². The molecule has 4 aromatic rings. The van der Waals surface area contributed by atoms with Gasteiger partial charge in [-0.1, -0.05) is 24.3 Å². The topological polar surface area (TPSA) is 593 Å². The van der Waals surface area contributed by atoms with Gasteiger partial charge < -0.3 is 37.9 Å².